The monoisotopic (exact) mass is 328 g/mol. The van der Waals surface area contributed by atoms with E-state index in [0.717, 1.165) is 0 Å². The number of nitrogens with zero attached hydrogens (tertiary/aromatic N) is 2. The maximum absolute atomic E-state index is 12.5. The molecule has 7 heteroatoms. The highest BCUT2D eigenvalue weighted by molar-refractivity contribution is 7.99. The fourth-order valence-corrected chi connectivity index (χ4v) is 3.80. The van der Waals surface area contributed by atoms with E-state index in [9.17, 15) is 9.59 Å². The van der Waals surface area contributed by atoms with Crippen molar-refractivity contribution < 1.29 is 14.0 Å². The number of amides is 2. The van der Waals surface area contributed by atoms with Crippen LogP contribution in [0.15, 0.2) is 21.6 Å². The Balaban J connectivity index is 2.14. The molecule has 116 valence electrons. The normalized spacial score (nSPS) is 18.0. The number of likely N-dealkylation sites (N-methyl/N-ethyl adjacent to an activating group) is 1. The third-order valence-corrected chi connectivity index (χ3v) is 5.13. The quantitative estimate of drug-likeness (QED) is 0.777. The highest BCUT2D eigenvalue weighted by Gasteiger charge is 2.37. The van der Waals surface area contributed by atoms with Gasteiger partial charge in [-0.1, -0.05) is 11.8 Å². The minimum Gasteiger partial charge on any atom is -0.445 e. The summed E-state index contributed by atoms with van der Waals surface area (Å²) in [6.45, 7) is 5.23. The Bertz CT molecular complexity index is 514. The van der Waals surface area contributed by atoms with Crippen LogP contribution in [0.25, 0.3) is 0 Å². The van der Waals surface area contributed by atoms with Gasteiger partial charge in [0.2, 0.25) is 5.91 Å². The molecule has 0 aliphatic carbocycles. The number of carbonyl (C=O) groups excluding carboxylic acids is 2. The van der Waals surface area contributed by atoms with Crippen LogP contribution in [0.4, 0.5) is 0 Å². The van der Waals surface area contributed by atoms with Gasteiger partial charge in [-0.25, -0.2) is 0 Å². The average Bonchev–Trinajstić information content (AvgIpc) is 3.16. The van der Waals surface area contributed by atoms with Crippen LogP contribution in [-0.2, 0) is 4.79 Å². The first-order valence-corrected chi connectivity index (χ1v) is 9.31. The molecule has 0 aromatic carbocycles. The summed E-state index contributed by atoms with van der Waals surface area (Å²) in [5, 5.41) is 0.705. The van der Waals surface area contributed by atoms with Crippen molar-refractivity contribution in [1.82, 2.24) is 9.80 Å². The Labute approximate surface area is 133 Å². The first kappa shape index (κ1) is 16.3. The Hall–Kier alpha value is -1.08. The molecule has 1 saturated heterocycles. The standard InChI is InChI=1S/C14H20N2O3S2/c1-4-15(5-2)13(17)10-8-21-9-16(10)14(18)11-6-7-12(19-11)20-3/h6-7,10H,4-5,8-9H2,1-3H3. The third kappa shape index (κ3) is 3.40. The van der Waals surface area contributed by atoms with Gasteiger partial charge in [0, 0.05) is 18.8 Å². The van der Waals surface area contributed by atoms with E-state index in [0.29, 0.717) is 35.6 Å². The maximum Gasteiger partial charge on any atom is 0.291 e. The van der Waals surface area contributed by atoms with Gasteiger partial charge in [-0.3, -0.25) is 9.59 Å². The minimum atomic E-state index is -0.384. The lowest BCUT2D eigenvalue weighted by Crippen LogP contribution is -2.48. The highest BCUT2D eigenvalue weighted by Crippen LogP contribution is 2.26. The lowest BCUT2D eigenvalue weighted by Gasteiger charge is -2.27. The number of furan rings is 1. The van der Waals surface area contributed by atoms with Gasteiger partial charge in [-0.05, 0) is 32.2 Å². The second-order valence-electron chi connectivity index (χ2n) is 4.62. The molecule has 0 spiro atoms. The van der Waals surface area contributed by atoms with Gasteiger partial charge in [0.1, 0.15) is 6.04 Å². The molecule has 1 aliphatic rings. The van der Waals surface area contributed by atoms with Gasteiger partial charge in [0.25, 0.3) is 5.91 Å². The Morgan fingerprint density at radius 1 is 1.43 bits per heavy atom. The van der Waals surface area contributed by atoms with Crippen LogP contribution in [0, 0.1) is 0 Å². The van der Waals surface area contributed by atoms with Crippen LogP contribution in [0.1, 0.15) is 24.4 Å². The van der Waals surface area contributed by atoms with E-state index >= 15 is 0 Å². The van der Waals surface area contributed by atoms with Crippen molar-refractivity contribution in [1.29, 1.82) is 0 Å². The molecule has 0 saturated carbocycles. The predicted molar refractivity (Wildman–Crippen MR) is 85.7 cm³/mol. The molecule has 0 N–H and O–H groups in total. The molecule has 0 bridgehead atoms. The lowest BCUT2D eigenvalue weighted by atomic mass is 10.2. The molecule has 0 radical (unpaired) electrons. The van der Waals surface area contributed by atoms with Gasteiger partial charge < -0.3 is 14.2 Å². The minimum absolute atomic E-state index is 0.0231. The maximum atomic E-state index is 12.5. The van der Waals surface area contributed by atoms with Gasteiger partial charge >= 0.3 is 0 Å². The van der Waals surface area contributed by atoms with Crippen LogP contribution >= 0.6 is 23.5 Å². The van der Waals surface area contributed by atoms with E-state index in [-0.39, 0.29) is 17.9 Å². The molecule has 2 heterocycles. The number of hydrogen-bond acceptors (Lipinski definition) is 5. The van der Waals surface area contributed by atoms with E-state index in [1.807, 2.05) is 20.1 Å². The predicted octanol–water partition coefficient (Wildman–Crippen LogP) is 2.39. The van der Waals surface area contributed by atoms with Crippen LogP contribution in [0.3, 0.4) is 0 Å². The van der Waals surface area contributed by atoms with Crippen molar-refractivity contribution in [3.63, 3.8) is 0 Å². The topological polar surface area (TPSA) is 53.8 Å². The summed E-state index contributed by atoms with van der Waals surface area (Å²) < 4.78 is 5.49. The van der Waals surface area contributed by atoms with Crippen molar-refractivity contribution in [2.75, 3.05) is 31.0 Å². The molecule has 5 nitrogen and oxygen atoms in total. The molecular formula is C14H20N2O3S2. The molecule has 1 aromatic rings. The van der Waals surface area contributed by atoms with E-state index < -0.39 is 0 Å². The first-order valence-electron chi connectivity index (χ1n) is 6.93. The molecule has 1 fully saturated rings. The molecule has 1 atom stereocenters. The van der Waals surface area contributed by atoms with Gasteiger partial charge in [-0.15, -0.1) is 11.8 Å². The molecular weight excluding hydrogens is 308 g/mol. The SMILES string of the molecule is CCN(CC)C(=O)C1CSCN1C(=O)c1ccc(SC)o1. The zero-order valence-corrected chi connectivity index (χ0v) is 14.1. The summed E-state index contributed by atoms with van der Waals surface area (Å²) in [5.41, 5.74) is 0. The van der Waals surface area contributed by atoms with E-state index in [4.69, 9.17) is 4.42 Å². The smallest absolute Gasteiger partial charge is 0.291 e. The summed E-state index contributed by atoms with van der Waals surface area (Å²) in [6, 6.07) is 3.07. The van der Waals surface area contributed by atoms with Crippen molar-refractivity contribution in [2.45, 2.75) is 25.0 Å². The summed E-state index contributed by atoms with van der Waals surface area (Å²) >= 11 is 3.05. The van der Waals surface area contributed by atoms with E-state index in [1.165, 1.54) is 11.8 Å². The summed E-state index contributed by atoms with van der Waals surface area (Å²) in [5.74, 6) is 1.31. The Morgan fingerprint density at radius 3 is 2.71 bits per heavy atom. The zero-order chi connectivity index (χ0) is 15.4. The highest BCUT2D eigenvalue weighted by atomic mass is 32.2. The number of hydrogen-bond donors (Lipinski definition) is 0. The van der Waals surface area contributed by atoms with Crippen molar-refractivity contribution in [3.05, 3.63) is 17.9 Å². The fourth-order valence-electron chi connectivity index (χ4n) is 2.28. The molecule has 1 unspecified atom stereocenters. The number of thioether (sulfide) groups is 2. The molecule has 2 amide bonds. The van der Waals surface area contributed by atoms with Crippen LogP contribution in [-0.4, -0.2) is 58.6 Å². The molecule has 21 heavy (non-hydrogen) atoms. The largest absolute Gasteiger partial charge is 0.445 e. The Kier molecular flexibility index (Phi) is 5.64. The summed E-state index contributed by atoms with van der Waals surface area (Å²) in [7, 11) is 0. The zero-order valence-electron chi connectivity index (χ0n) is 12.5. The second-order valence-corrected chi connectivity index (χ2v) is 6.43. The summed E-state index contributed by atoms with van der Waals surface area (Å²) in [6.07, 6.45) is 1.89. The van der Waals surface area contributed by atoms with Gasteiger partial charge in [-0.2, -0.15) is 0 Å². The second kappa shape index (κ2) is 7.26. The number of carbonyl (C=O) groups is 2. The van der Waals surface area contributed by atoms with Gasteiger partial charge in [0.15, 0.2) is 10.9 Å². The lowest BCUT2D eigenvalue weighted by molar-refractivity contribution is -0.134. The van der Waals surface area contributed by atoms with E-state index in [1.54, 1.807) is 33.7 Å². The van der Waals surface area contributed by atoms with Crippen LogP contribution < -0.4 is 0 Å². The number of rotatable bonds is 5. The van der Waals surface area contributed by atoms with Crippen LogP contribution in [0.5, 0.6) is 0 Å². The van der Waals surface area contributed by atoms with Crippen LogP contribution in [0.2, 0.25) is 0 Å². The van der Waals surface area contributed by atoms with Gasteiger partial charge in [0.05, 0.1) is 5.88 Å². The summed E-state index contributed by atoms with van der Waals surface area (Å²) in [4.78, 5) is 28.4. The van der Waals surface area contributed by atoms with Crippen molar-refractivity contribution in [3.8, 4) is 0 Å². The first-order chi connectivity index (χ1) is 10.1. The van der Waals surface area contributed by atoms with Crippen molar-refractivity contribution >= 4 is 35.3 Å². The van der Waals surface area contributed by atoms with E-state index in [2.05, 4.69) is 0 Å². The average molecular weight is 328 g/mol. The molecule has 1 aromatic heterocycles. The fraction of sp³-hybridized carbons (Fsp3) is 0.571. The molecule has 2 rings (SSSR count). The van der Waals surface area contributed by atoms with Crippen molar-refractivity contribution in [2.24, 2.45) is 0 Å². The molecule has 1 aliphatic heterocycles. The third-order valence-electron chi connectivity index (χ3n) is 3.50. The Morgan fingerprint density at radius 2 is 2.14 bits per heavy atom.